The maximum Gasteiger partial charge on any atom is 0.259 e. The average Bonchev–Trinajstić information content (AvgIpc) is 3.56. The van der Waals surface area contributed by atoms with E-state index in [-0.39, 0.29) is 23.3 Å². The van der Waals surface area contributed by atoms with E-state index < -0.39 is 5.82 Å². The monoisotopic (exact) mass is 432 g/mol. The number of carbonyl (C=O) groups is 1. The minimum absolute atomic E-state index is 0.00505. The molecule has 3 aromatic rings. The second kappa shape index (κ2) is 7.22. The molecular weight excluding hydrogens is 411 g/mol. The summed E-state index contributed by atoms with van der Waals surface area (Å²) in [5.41, 5.74) is 3.32. The number of fused-ring (bicyclic) bond motifs is 2. The first-order valence-electron chi connectivity index (χ1n) is 10.7. The summed E-state index contributed by atoms with van der Waals surface area (Å²) >= 11 is 0. The lowest BCUT2D eigenvalue weighted by atomic mass is 10.00. The summed E-state index contributed by atoms with van der Waals surface area (Å²) in [6, 6.07) is 4.51. The van der Waals surface area contributed by atoms with Crippen LogP contribution in [0.5, 0.6) is 5.75 Å². The van der Waals surface area contributed by atoms with Crippen molar-refractivity contribution in [3.05, 3.63) is 65.3 Å². The van der Waals surface area contributed by atoms with Gasteiger partial charge in [-0.1, -0.05) is 12.1 Å². The van der Waals surface area contributed by atoms with Gasteiger partial charge in [0, 0.05) is 19.5 Å². The number of ether oxygens (including phenoxy) is 1. The van der Waals surface area contributed by atoms with Gasteiger partial charge in [0.05, 0.1) is 30.4 Å². The highest BCUT2D eigenvalue weighted by molar-refractivity contribution is 5.98. The second-order valence-electron chi connectivity index (χ2n) is 8.49. The smallest absolute Gasteiger partial charge is 0.259 e. The Kier molecular flexibility index (Phi) is 4.31. The summed E-state index contributed by atoms with van der Waals surface area (Å²) in [7, 11) is 0. The van der Waals surface area contributed by atoms with E-state index in [9.17, 15) is 9.18 Å². The second-order valence-corrected chi connectivity index (χ2v) is 8.49. The molecule has 6 rings (SSSR count). The number of amides is 1. The number of aryl methyl sites for hydroxylation is 1. The summed E-state index contributed by atoms with van der Waals surface area (Å²) in [6.07, 6.45) is 6.80. The maximum atomic E-state index is 14.7. The lowest BCUT2D eigenvalue weighted by Crippen LogP contribution is -2.31. The molecule has 1 amide bonds. The normalized spacial score (nSPS) is 21.3. The summed E-state index contributed by atoms with van der Waals surface area (Å²) in [5, 5.41) is 8.13. The fraction of sp³-hybridized carbons (Fsp3) is 0.348. The van der Waals surface area contributed by atoms with Gasteiger partial charge in [0.25, 0.3) is 5.91 Å². The third-order valence-electron chi connectivity index (χ3n) is 6.49. The molecule has 2 aromatic heterocycles. The Bertz CT molecular complexity index is 1260. The molecule has 1 aliphatic carbocycles. The number of carbonyl (C=O) groups excluding carboxylic acids is 1. The number of allylic oxidation sites excluding steroid dienone is 1. The molecule has 0 saturated carbocycles. The zero-order valence-corrected chi connectivity index (χ0v) is 17.5. The van der Waals surface area contributed by atoms with Gasteiger partial charge in [-0.3, -0.25) is 4.79 Å². The number of aromatic nitrogens is 5. The van der Waals surface area contributed by atoms with Gasteiger partial charge in [-0.15, -0.1) is 0 Å². The molecule has 4 heterocycles. The van der Waals surface area contributed by atoms with Crippen molar-refractivity contribution in [3.63, 3.8) is 0 Å². The van der Waals surface area contributed by atoms with Crippen molar-refractivity contribution in [1.29, 1.82) is 0 Å². The molecule has 1 saturated heterocycles. The molecule has 8 nitrogen and oxygen atoms in total. The van der Waals surface area contributed by atoms with Crippen molar-refractivity contribution >= 4 is 11.5 Å². The highest BCUT2D eigenvalue weighted by Gasteiger charge is 2.40. The fourth-order valence-electron chi connectivity index (χ4n) is 5.00. The average molecular weight is 432 g/mol. The van der Waals surface area contributed by atoms with Crippen molar-refractivity contribution in [1.82, 2.24) is 29.9 Å². The van der Waals surface area contributed by atoms with E-state index in [2.05, 4.69) is 21.3 Å². The van der Waals surface area contributed by atoms with Gasteiger partial charge in [0.2, 0.25) is 0 Å². The molecule has 2 aliphatic heterocycles. The predicted molar refractivity (Wildman–Crippen MR) is 113 cm³/mol. The molecule has 2 unspecified atom stereocenters. The highest BCUT2D eigenvalue weighted by Crippen LogP contribution is 2.41. The van der Waals surface area contributed by atoms with E-state index in [0.29, 0.717) is 25.4 Å². The Morgan fingerprint density at radius 3 is 2.84 bits per heavy atom. The summed E-state index contributed by atoms with van der Waals surface area (Å²) in [4.78, 5) is 25.7. The minimum atomic E-state index is -0.567. The number of hydrogen-bond donors (Lipinski definition) is 0. The SMILES string of the molecule is Cc1nc(C2=CC3CN(C(=O)c4c(F)cccc4-n4nccn4)CC3C2)nc2c1OCC2. The molecule has 32 heavy (non-hydrogen) atoms. The van der Waals surface area contributed by atoms with E-state index in [1.807, 2.05) is 6.92 Å². The Labute approximate surface area is 183 Å². The third-order valence-corrected chi connectivity index (χ3v) is 6.49. The van der Waals surface area contributed by atoms with Crippen LogP contribution in [0, 0.1) is 24.6 Å². The van der Waals surface area contributed by atoms with Gasteiger partial charge < -0.3 is 9.64 Å². The van der Waals surface area contributed by atoms with Crippen LogP contribution >= 0.6 is 0 Å². The van der Waals surface area contributed by atoms with E-state index in [4.69, 9.17) is 9.72 Å². The Morgan fingerprint density at radius 1 is 1.19 bits per heavy atom. The van der Waals surface area contributed by atoms with E-state index in [0.717, 1.165) is 41.4 Å². The van der Waals surface area contributed by atoms with Crippen molar-refractivity contribution in [2.24, 2.45) is 11.8 Å². The summed E-state index contributed by atoms with van der Waals surface area (Å²) in [5.74, 6) is 1.17. The van der Waals surface area contributed by atoms with Crippen LogP contribution in [0.4, 0.5) is 4.39 Å². The van der Waals surface area contributed by atoms with Crippen LogP contribution in [0.2, 0.25) is 0 Å². The fourth-order valence-corrected chi connectivity index (χ4v) is 5.00. The quantitative estimate of drug-likeness (QED) is 0.633. The number of nitrogens with zero attached hydrogens (tertiary/aromatic N) is 6. The third kappa shape index (κ3) is 2.99. The summed E-state index contributed by atoms with van der Waals surface area (Å²) in [6.45, 7) is 3.71. The summed E-state index contributed by atoms with van der Waals surface area (Å²) < 4.78 is 20.3. The van der Waals surface area contributed by atoms with E-state index >= 15 is 0 Å². The number of benzene rings is 1. The molecule has 0 radical (unpaired) electrons. The lowest BCUT2D eigenvalue weighted by Gasteiger charge is -2.19. The lowest BCUT2D eigenvalue weighted by molar-refractivity contribution is 0.0780. The molecule has 9 heteroatoms. The number of rotatable bonds is 3. The van der Waals surface area contributed by atoms with Crippen LogP contribution in [-0.4, -0.2) is 55.5 Å². The molecule has 3 aliphatic rings. The molecule has 162 valence electrons. The van der Waals surface area contributed by atoms with Gasteiger partial charge in [-0.2, -0.15) is 15.0 Å². The van der Waals surface area contributed by atoms with E-state index in [1.165, 1.54) is 23.3 Å². The van der Waals surface area contributed by atoms with Gasteiger partial charge in [-0.25, -0.2) is 14.4 Å². The largest absolute Gasteiger partial charge is 0.489 e. The van der Waals surface area contributed by atoms with Crippen LogP contribution in [-0.2, 0) is 6.42 Å². The van der Waals surface area contributed by atoms with Crippen molar-refractivity contribution in [3.8, 4) is 11.4 Å². The van der Waals surface area contributed by atoms with Crippen LogP contribution in [0.3, 0.4) is 0 Å². The first-order chi connectivity index (χ1) is 15.6. The van der Waals surface area contributed by atoms with Crippen molar-refractivity contribution in [2.45, 2.75) is 19.8 Å². The predicted octanol–water partition coefficient (Wildman–Crippen LogP) is 2.62. The Balaban J connectivity index is 1.25. The van der Waals surface area contributed by atoms with Crippen LogP contribution in [0.15, 0.2) is 36.7 Å². The first kappa shape index (κ1) is 19.1. The van der Waals surface area contributed by atoms with Crippen molar-refractivity contribution < 1.29 is 13.9 Å². The molecular formula is C23H21FN6O2. The molecule has 0 spiro atoms. The van der Waals surface area contributed by atoms with Gasteiger partial charge >= 0.3 is 0 Å². The molecule has 1 aromatic carbocycles. The Morgan fingerprint density at radius 2 is 2.03 bits per heavy atom. The van der Waals surface area contributed by atoms with E-state index in [1.54, 1.807) is 17.0 Å². The molecule has 2 atom stereocenters. The number of hydrogen-bond acceptors (Lipinski definition) is 6. The molecule has 0 N–H and O–H groups in total. The van der Waals surface area contributed by atoms with Crippen molar-refractivity contribution in [2.75, 3.05) is 19.7 Å². The standard InChI is InChI=1S/C23H21FN6O2/c1-13-21-18(5-8-32-21)28-22(27-13)14-9-15-11-29(12-16(15)10-14)23(31)20-17(24)3-2-4-19(20)30-25-6-7-26-30/h2-4,6-7,9,15-16H,5,8,10-12H2,1H3. The molecule has 0 bridgehead atoms. The maximum absolute atomic E-state index is 14.7. The highest BCUT2D eigenvalue weighted by atomic mass is 19.1. The first-order valence-corrected chi connectivity index (χ1v) is 10.7. The molecule has 1 fully saturated rings. The van der Waals surface area contributed by atoms with Crippen LogP contribution in [0.25, 0.3) is 11.3 Å². The minimum Gasteiger partial charge on any atom is -0.489 e. The topological polar surface area (TPSA) is 86.0 Å². The van der Waals surface area contributed by atoms with Gasteiger partial charge in [0.1, 0.15) is 17.1 Å². The van der Waals surface area contributed by atoms with Gasteiger partial charge in [-0.05, 0) is 42.9 Å². The zero-order valence-electron chi connectivity index (χ0n) is 17.5. The Hall–Kier alpha value is -3.62. The van der Waals surface area contributed by atoms with Gasteiger partial charge in [0.15, 0.2) is 11.6 Å². The van der Waals surface area contributed by atoms with Crippen LogP contribution in [0.1, 0.15) is 34.0 Å². The van der Waals surface area contributed by atoms with Crippen LogP contribution < -0.4 is 4.74 Å². The number of likely N-dealkylation sites (tertiary alicyclic amines) is 1. The zero-order chi connectivity index (χ0) is 21.8. The number of halogens is 1.